The molecular weight excluding hydrogens is 318 g/mol. The molecule has 1 fully saturated rings. The fourth-order valence-corrected chi connectivity index (χ4v) is 2.50. The minimum atomic E-state index is -0.478. The van der Waals surface area contributed by atoms with Gasteiger partial charge in [-0.05, 0) is 25.2 Å². The van der Waals surface area contributed by atoms with Gasteiger partial charge in [0.05, 0.1) is 12.2 Å². The monoisotopic (exact) mass is 331 g/mol. The number of rotatable bonds is 3. The van der Waals surface area contributed by atoms with E-state index in [2.05, 4.69) is 30.0 Å². The molecule has 0 spiro atoms. The van der Waals surface area contributed by atoms with Gasteiger partial charge in [0, 0.05) is 5.22 Å². The summed E-state index contributed by atoms with van der Waals surface area (Å²) >= 11 is 1.42. The van der Waals surface area contributed by atoms with Crippen molar-refractivity contribution in [1.29, 1.82) is 0 Å². The van der Waals surface area contributed by atoms with E-state index in [-0.39, 0.29) is 11.6 Å². The molecule has 0 atom stereocenters. The quantitative estimate of drug-likeness (QED) is 0.539. The lowest BCUT2D eigenvalue weighted by atomic mass is 10.3. The Bertz CT molecular complexity index is 1060. The first-order valence-corrected chi connectivity index (χ1v) is 8.23. The van der Waals surface area contributed by atoms with E-state index in [1.807, 2.05) is 6.26 Å². The topological polar surface area (TPSA) is 124 Å². The number of fused-ring (bicyclic) bond motifs is 1. The van der Waals surface area contributed by atoms with Gasteiger partial charge in [-0.25, -0.2) is 14.8 Å². The summed E-state index contributed by atoms with van der Waals surface area (Å²) in [7, 11) is 0. The molecule has 0 aliphatic heterocycles. The first kappa shape index (κ1) is 14.0. The maximum Gasteiger partial charge on any atom is 0.326 e. The molecule has 4 rings (SSSR count). The molecule has 0 saturated heterocycles. The van der Waals surface area contributed by atoms with Crippen LogP contribution in [0.5, 0.6) is 5.88 Å². The lowest BCUT2D eigenvalue weighted by Gasteiger charge is -1.97. The molecule has 0 unspecified atom stereocenters. The van der Waals surface area contributed by atoms with Crippen LogP contribution < -0.4 is 16.5 Å². The van der Waals surface area contributed by atoms with Gasteiger partial charge in [-0.3, -0.25) is 4.98 Å². The summed E-state index contributed by atoms with van der Waals surface area (Å²) in [6, 6.07) is 0.310. The van der Waals surface area contributed by atoms with Gasteiger partial charge in [-0.15, -0.1) is 0 Å². The van der Waals surface area contributed by atoms with Crippen LogP contribution >= 0.6 is 11.8 Å². The van der Waals surface area contributed by atoms with Crippen LogP contribution in [0.1, 0.15) is 18.5 Å². The molecule has 23 heavy (non-hydrogen) atoms. The normalized spacial score (nSPS) is 16.6. The van der Waals surface area contributed by atoms with Gasteiger partial charge in [-0.2, -0.15) is 14.6 Å². The fraction of sp³-hybridized carbons (Fsp3) is 0.308. The number of aromatic amines is 2. The smallest absolute Gasteiger partial charge is 0.326 e. The Balaban J connectivity index is 1.98. The van der Waals surface area contributed by atoms with E-state index in [9.17, 15) is 9.90 Å². The standard InChI is InChI=1S/C13H13N7O2S/c1-23-13-17-9-6(4-8-10(21)18-12(22)16-8)5-14-20(9)11(19-13)15-7-2-3-7/h4-5,7,21H,2-3H2,1H3,(H2,16,18,22)/b6-4-,15-11?. The van der Waals surface area contributed by atoms with Crippen molar-refractivity contribution in [2.45, 2.75) is 24.0 Å². The van der Waals surface area contributed by atoms with E-state index in [1.54, 1.807) is 16.8 Å². The summed E-state index contributed by atoms with van der Waals surface area (Å²) in [5, 5.41) is 15.2. The highest BCUT2D eigenvalue weighted by Crippen LogP contribution is 2.22. The third-order valence-corrected chi connectivity index (χ3v) is 3.97. The Morgan fingerprint density at radius 3 is 2.91 bits per heavy atom. The zero-order chi connectivity index (χ0) is 16.0. The number of thioether (sulfide) groups is 1. The van der Waals surface area contributed by atoms with Crippen molar-refractivity contribution in [2.24, 2.45) is 4.99 Å². The largest absolute Gasteiger partial charge is 0.493 e. The fourth-order valence-electron chi connectivity index (χ4n) is 2.15. The van der Waals surface area contributed by atoms with Crippen molar-refractivity contribution in [3.8, 4) is 5.88 Å². The maximum atomic E-state index is 11.2. The number of hydrogen-bond acceptors (Lipinski definition) is 7. The first-order chi connectivity index (χ1) is 11.1. The molecule has 118 valence electrons. The van der Waals surface area contributed by atoms with Gasteiger partial charge in [0.2, 0.25) is 5.88 Å². The van der Waals surface area contributed by atoms with Crippen molar-refractivity contribution in [3.05, 3.63) is 33.2 Å². The Labute approximate surface area is 133 Å². The molecule has 9 nitrogen and oxygen atoms in total. The predicted octanol–water partition coefficient (Wildman–Crippen LogP) is -0.821. The molecule has 0 bridgehead atoms. The number of H-pyrrole nitrogens is 2. The second-order valence-corrected chi connectivity index (χ2v) is 5.97. The molecule has 0 radical (unpaired) electrons. The SMILES string of the molecule is CSc1nc(=NC2CC2)n2nc/c(=C/c3[nH]c(=O)[nH]c3O)c2n1. The second-order valence-electron chi connectivity index (χ2n) is 5.19. The highest BCUT2D eigenvalue weighted by atomic mass is 32.2. The average molecular weight is 331 g/mol. The Hall–Kier alpha value is -2.62. The summed E-state index contributed by atoms with van der Waals surface area (Å²) in [6.07, 6.45) is 7.23. The van der Waals surface area contributed by atoms with Crippen molar-refractivity contribution in [3.63, 3.8) is 0 Å². The molecule has 3 heterocycles. The van der Waals surface area contributed by atoms with Gasteiger partial charge in [0.25, 0.3) is 5.62 Å². The molecule has 0 amide bonds. The molecule has 1 saturated carbocycles. The van der Waals surface area contributed by atoms with Crippen molar-refractivity contribution < 1.29 is 5.11 Å². The highest BCUT2D eigenvalue weighted by Gasteiger charge is 2.20. The van der Waals surface area contributed by atoms with E-state index < -0.39 is 5.69 Å². The molecule has 1 aliphatic rings. The first-order valence-electron chi connectivity index (χ1n) is 7.00. The van der Waals surface area contributed by atoms with Gasteiger partial charge in [-0.1, -0.05) is 11.8 Å². The van der Waals surface area contributed by atoms with Crippen LogP contribution in [0.4, 0.5) is 0 Å². The molecule has 3 N–H and O–H groups in total. The Morgan fingerprint density at radius 1 is 1.43 bits per heavy atom. The summed E-state index contributed by atoms with van der Waals surface area (Å²) in [6.45, 7) is 0. The van der Waals surface area contributed by atoms with Crippen LogP contribution in [-0.2, 0) is 0 Å². The van der Waals surface area contributed by atoms with Crippen molar-refractivity contribution >= 4 is 23.5 Å². The van der Waals surface area contributed by atoms with Crippen molar-refractivity contribution in [1.82, 2.24) is 29.5 Å². The minimum absolute atomic E-state index is 0.226. The lowest BCUT2D eigenvalue weighted by molar-refractivity contribution is 0.454. The molecule has 3 aromatic rings. The number of nitrogens with zero attached hydrogens (tertiary/aromatic N) is 5. The zero-order valence-corrected chi connectivity index (χ0v) is 13.0. The van der Waals surface area contributed by atoms with E-state index in [0.717, 1.165) is 12.8 Å². The summed E-state index contributed by atoms with van der Waals surface area (Å²) < 4.78 is 1.58. The third-order valence-electron chi connectivity index (χ3n) is 3.42. The zero-order valence-electron chi connectivity index (χ0n) is 12.1. The van der Waals surface area contributed by atoms with Crippen LogP contribution in [0.2, 0.25) is 0 Å². The molecule has 3 aromatic heterocycles. The van der Waals surface area contributed by atoms with E-state index in [4.69, 9.17) is 0 Å². The number of aromatic nitrogens is 6. The minimum Gasteiger partial charge on any atom is -0.493 e. The maximum absolute atomic E-state index is 11.2. The number of aromatic hydroxyl groups is 1. The van der Waals surface area contributed by atoms with Gasteiger partial charge < -0.3 is 10.1 Å². The average Bonchev–Trinajstić information content (AvgIpc) is 3.16. The van der Waals surface area contributed by atoms with Gasteiger partial charge in [0.15, 0.2) is 10.8 Å². The third kappa shape index (κ3) is 2.61. The number of nitrogens with one attached hydrogen (secondary N) is 2. The molecule has 0 aromatic carbocycles. The van der Waals surface area contributed by atoms with E-state index in [1.165, 1.54) is 11.8 Å². The molecular formula is C13H13N7O2S. The Morgan fingerprint density at radius 2 is 2.26 bits per heavy atom. The number of imidazole rings is 1. The van der Waals surface area contributed by atoms with Crippen LogP contribution in [0.25, 0.3) is 11.7 Å². The van der Waals surface area contributed by atoms with E-state index >= 15 is 0 Å². The summed E-state index contributed by atoms with van der Waals surface area (Å²) in [5.74, 6) is -0.226. The van der Waals surface area contributed by atoms with Gasteiger partial charge in [0.1, 0.15) is 5.69 Å². The highest BCUT2D eigenvalue weighted by molar-refractivity contribution is 7.98. The van der Waals surface area contributed by atoms with Crippen LogP contribution in [0.3, 0.4) is 0 Å². The molecule has 10 heteroatoms. The Kier molecular flexibility index (Phi) is 3.18. The van der Waals surface area contributed by atoms with Crippen LogP contribution in [0, 0.1) is 0 Å². The predicted molar refractivity (Wildman–Crippen MR) is 83.0 cm³/mol. The van der Waals surface area contributed by atoms with E-state index in [0.29, 0.717) is 27.7 Å². The summed E-state index contributed by atoms with van der Waals surface area (Å²) in [4.78, 5) is 29.4. The molecule has 1 aliphatic carbocycles. The van der Waals surface area contributed by atoms with Crippen LogP contribution in [-0.4, -0.2) is 47.0 Å². The van der Waals surface area contributed by atoms with Crippen LogP contribution in [0.15, 0.2) is 21.1 Å². The lowest BCUT2D eigenvalue weighted by Crippen LogP contribution is -2.23. The number of hydrogen-bond donors (Lipinski definition) is 3. The van der Waals surface area contributed by atoms with Crippen molar-refractivity contribution in [2.75, 3.05) is 6.26 Å². The summed E-state index contributed by atoms with van der Waals surface area (Å²) in [5.41, 5.74) is 0.891. The second kappa shape index (κ2) is 5.23. The van der Waals surface area contributed by atoms with Gasteiger partial charge >= 0.3 is 5.69 Å².